The highest BCUT2D eigenvalue weighted by Crippen LogP contribution is 2.30. The summed E-state index contributed by atoms with van der Waals surface area (Å²) < 4.78 is 1.66. The van der Waals surface area contributed by atoms with Crippen LogP contribution >= 0.6 is 27.7 Å². The van der Waals surface area contributed by atoms with Crippen LogP contribution in [0.2, 0.25) is 5.02 Å². The Morgan fingerprint density at radius 3 is 2.92 bits per heavy atom. The monoisotopic (exact) mass is 245 g/mol. The van der Waals surface area contributed by atoms with Crippen LogP contribution in [-0.2, 0) is 0 Å². The van der Waals surface area contributed by atoms with Crippen LogP contribution in [0.4, 0.5) is 0 Å². The van der Waals surface area contributed by atoms with Crippen molar-refractivity contribution in [2.24, 2.45) is 0 Å². The Kier molecular flexibility index (Phi) is 1.77. The molecule has 0 spiro atoms. The zero-order valence-corrected chi connectivity index (χ0v) is 8.30. The first-order valence-corrected chi connectivity index (χ1v) is 4.43. The Morgan fingerprint density at radius 1 is 1.42 bits per heavy atom. The lowest BCUT2D eigenvalue weighted by atomic mass is 10.2. The Balaban J connectivity index is 2.90. The lowest BCUT2D eigenvalue weighted by Crippen LogP contribution is -1.73. The molecule has 62 valence electrons. The second kappa shape index (κ2) is 2.68. The summed E-state index contributed by atoms with van der Waals surface area (Å²) in [5, 5.41) is 10.8. The van der Waals surface area contributed by atoms with E-state index < -0.39 is 0 Å². The van der Waals surface area contributed by atoms with Gasteiger partial charge in [-0.2, -0.15) is 0 Å². The van der Waals surface area contributed by atoms with Crippen LogP contribution < -0.4 is 0 Å². The number of benzene rings is 1. The average molecular weight is 246 g/mol. The normalized spacial score (nSPS) is 10.8. The number of rotatable bonds is 0. The Bertz CT molecular complexity index is 438. The predicted molar refractivity (Wildman–Crippen MR) is 52.9 cm³/mol. The van der Waals surface area contributed by atoms with Crippen molar-refractivity contribution >= 4 is 38.7 Å². The van der Waals surface area contributed by atoms with Crippen LogP contribution in [0.1, 0.15) is 0 Å². The molecule has 0 radical (unpaired) electrons. The van der Waals surface area contributed by atoms with Gasteiger partial charge in [-0.05, 0) is 18.2 Å². The van der Waals surface area contributed by atoms with E-state index in [2.05, 4.69) is 16.1 Å². The molecule has 0 aliphatic carbocycles. The Labute approximate surface area is 82.7 Å². The van der Waals surface area contributed by atoms with Gasteiger partial charge in [0.15, 0.2) is 0 Å². The number of aromatic nitrogens is 1. The minimum atomic E-state index is 0.249. The Morgan fingerprint density at radius 2 is 2.17 bits per heavy atom. The van der Waals surface area contributed by atoms with Gasteiger partial charge in [-0.1, -0.05) is 11.6 Å². The number of fused-ring (bicyclic) bond motifs is 1. The highest BCUT2D eigenvalue weighted by molar-refractivity contribution is 9.08. The van der Waals surface area contributed by atoms with E-state index in [0.29, 0.717) is 5.02 Å². The number of aromatic hydroxyl groups is 1. The molecule has 1 heterocycles. The van der Waals surface area contributed by atoms with Crippen LogP contribution in [0.15, 0.2) is 24.4 Å². The summed E-state index contributed by atoms with van der Waals surface area (Å²) >= 11 is 9.03. The quantitative estimate of drug-likeness (QED) is 0.759. The average Bonchev–Trinajstić information content (AvgIpc) is 2.28. The molecule has 4 heteroatoms. The fourth-order valence-corrected chi connectivity index (χ4v) is 1.80. The largest absolute Gasteiger partial charge is 0.506 e. The molecule has 0 saturated carbocycles. The molecule has 0 fully saturated rings. The smallest absolute Gasteiger partial charge is 0.142 e. The van der Waals surface area contributed by atoms with Crippen LogP contribution in [0.5, 0.6) is 5.75 Å². The molecular formula is C8H5BrClNO. The number of halogens is 2. The maximum atomic E-state index is 9.39. The first kappa shape index (κ1) is 7.95. The summed E-state index contributed by atoms with van der Waals surface area (Å²) in [5.41, 5.74) is 0.861. The molecule has 0 amide bonds. The molecule has 1 aromatic heterocycles. The molecule has 2 aromatic rings. The van der Waals surface area contributed by atoms with E-state index in [1.54, 1.807) is 28.0 Å². The SMILES string of the molecule is Oc1cn(Br)c2cc(Cl)ccc12. The highest BCUT2D eigenvalue weighted by Gasteiger charge is 2.05. The topological polar surface area (TPSA) is 25.2 Å². The standard InChI is InChI=1S/C8H5BrClNO/c9-11-4-8(12)6-2-1-5(10)3-7(6)11/h1-4,12H. The summed E-state index contributed by atoms with van der Waals surface area (Å²) in [6, 6.07) is 5.31. The van der Waals surface area contributed by atoms with E-state index >= 15 is 0 Å². The first-order valence-electron chi connectivity index (χ1n) is 3.34. The molecule has 1 aromatic carbocycles. The molecule has 0 unspecified atom stereocenters. The first-order chi connectivity index (χ1) is 5.68. The molecule has 2 rings (SSSR count). The summed E-state index contributed by atoms with van der Waals surface area (Å²) in [4.78, 5) is 0. The maximum Gasteiger partial charge on any atom is 0.142 e. The van der Waals surface area contributed by atoms with Gasteiger partial charge in [-0.3, -0.25) is 3.59 Å². The van der Waals surface area contributed by atoms with E-state index in [1.807, 2.05) is 0 Å². The van der Waals surface area contributed by atoms with Crippen molar-refractivity contribution in [2.75, 3.05) is 0 Å². The van der Waals surface area contributed by atoms with Crippen molar-refractivity contribution in [3.8, 4) is 5.75 Å². The third kappa shape index (κ3) is 1.09. The van der Waals surface area contributed by atoms with Crippen molar-refractivity contribution in [3.63, 3.8) is 0 Å². The summed E-state index contributed by atoms with van der Waals surface area (Å²) in [7, 11) is 0. The van der Waals surface area contributed by atoms with Crippen LogP contribution in [0.3, 0.4) is 0 Å². The lowest BCUT2D eigenvalue weighted by molar-refractivity contribution is 0.481. The lowest BCUT2D eigenvalue weighted by Gasteiger charge is -1.93. The fraction of sp³-hybridized carbons (Fsp3) is 0. The van der Waals surface area contributed by atoms with Gasteiger partial charge >= 0.3 is 0 Å². The van der Waals surface area contributed by atoms with E-state index in [0.717, 1.165) is 10.9 Å². The van der Waals surface area contributed by atoms with Gasteiger partial charge < -0.3 is 5.11 Å². The summed E-state index contributed by atoms with van der Waals surface area (Å²) in [6.45, 7) is 0. The number of hydrogen-bond donors (Lipinski definition) is 1. The third-order valence-electron chi connectivity index (χ3n) is 1.70. The minimum absolute atomic E-state index is 0.249. The van der Waals surface area contributed by atoms with Crippen LogP contribution in [0, 0.1) is 0 Å². The van der Waals surface area contributed by atoms with E-state index in [-0.39, 0.29) is 5.75 Å². The van der Waals surface area contributed by atoms with E-state index in [1.165, 1.54) is 0 Å². The molecular weight excluding hydrogens is 241 g/mol. The third-order valence-corrected chi connectivity index (χ3v) is 2.52. The maximum absolute atomic E-state index is 9.39. The van der Waals surface area contributed by atoms with Gasteiger partial charge in [-0.25, -0.2) is 0 Å². The van der Waals surface area contributed by atoms with Crippen molar-refractivity contribution in [3.05, 3.63) is 29.4 Å². The van der Waals surface area contributed by atoms with Crippen LogP contribution in [-0.4, -0.2) is 8.70 Å². The molecule has 0 aliphatic rings. The van der Waals surface area contributed by atoms with E-state index in [9.17, 15) is 5.11 Å². The van der Waals surface area contributed by atoms with E-state index in [4.69, 9.17) is 11.6 Å². The molecule has 0 bridgehead atoms. The second-order valence-electron chi connectivity index (χ2n) is 2.49. The fourth-order valence-electron chi connectivity index (χ4n) is 1.14. The van der Waals surface area contributed by atoms with Crippen LogP contribution in [0.25, 0.3) is 10.9 Å². The second-order valence-corrected chi connectivity index (χ2v) is 3.69. The van der Waals surface area contributed by atoms with Gasteiger partial charge in [0.2, 0.25) is 0 Å². The van der Waals surface area contributed by atoms with Gasteiger partial charge in [0.25, 0.3) is 0 Å². The predicted octanol–water partition coefficient (Wildman–Crippen LogP) is 3.16. The van der Waals surface area contributed by atoms with Gasteiger partial charge in [0, 0.05) is 10.4 Å². The van der Waals surface area contributed by atoms with Crippen molar-refractivity contribution in [1.29, 1.82) is 0 Å². The summed E-state index contributed by atoms with van der Waals surface area (Å²) in [6.07, 6.45) is 1.58. The molecule has 12 heavy (non-hydrogen) atoms. The molecule has 1 N–H and O–H groups in total. The molecule has 0 atom stereocenters. The van der Waals surface area contributed by atoms with Crippen molar-refractivity contribution in [2.45, 2.75) is 0 Å². The zero-order valence-electron chi connectivity index (χ0n) is 5.96. The minimum Gasteiger partial charge on any atom is -0.506 e. The van der Waals surface area contributed by atoms with Gasteiger partial charge in [-0.15, -0.1) is 0 Å². The number of hydrogen-bond acceptors (Lipinski definition) is 1. The van der Waals surface area contributed by atoms with Gasteiger partial charge in [0.05, 0.1) is 27.9 Å². The summed E-state index contributed by atoms with van der Waals surface area (Å²) in [5.74, 6) is 0.249. The van der Waals surface area contributed by atoms with Crippen molar-refractivity contribution in [1.82, 2.24) is 3.59 Å². The highest BCUT2D eigenvalue weighted by atomic mass is 79.9. The molecule has 0 aliphatic heterocycles. The van der Waals surface area contributed by atoms with Crippen molar-refractivity contribution < 1.29 is 5.11 Å². The molecule has 2 nitrogen and oxygen atoms in total. The molecule has 0 saturated heterocycles. The Hall–Kier alpha value is -0.670. The number of nitrogens with zero attached hydrogens (tertiary/aromatic N) is 1. The van der Waals surface area contributed by atoms with Gasteiger partial charge in [0.1, 0.15) is 5.75 Å². The zero-order chi connectivity index (χ0) is 8.72.